The van der Waals surface area contributed by atoms with Crippen molar-refractivity contribution in [3.05, 3.63) is 46.0 Å². The molecular formula is C25H36O5. The molecule has 30 heavy (non-hydrogen) atoms. The van der Waals surface area contributed by atoms with Gasteiger partial charge in [-0.3, -0.25) is 9.59 Å². The highest BCUT2D eigenvalue weighted by Gasteiger charge is 2.54. The fourth-order valence-electron chi connectivity index (χ4n) is 3.81. The summed E-state index contributed by atoms with van der Waals surface area (Å²) in [4.78, 5) is 27.0. The average molecular weight is 417 g/mol. The van der Waals surface area contributed by atoms with Gasteiger partial charge in [-0.2, -0.15) is 0 Å². The van der Waals surface area contributed by atoms with Gasteiger partial charge >= 0.3 is 0 Å². The number of allylic oxidation sites excluding steroid dienone is 7. The minimum atomic E-state index is -1.24. The Labute approximate surface area is 180 Å². The number of hydrogen-bond donors (Lipinski definition) is 2. The Morgan fingerprint density at radius 3 is 2.07 bits per heavy atom. The molecule has 0 amide bonds. The topological polar surface area (TPSA) is 83.8 Å². The van der Waals surface area contributed by atoms with E-state index in [1.54, 1.807) is 27.7 Å². The smallest absolute Gasteiger partial charge is 0.184 e. The Morgan fingerprint density at radius 1 is 1.17 bits per heavy atom. The van der Waals surface area contributed by atoms with E-state index in [2.05, 4.69) is 0 Å². The summed E-state index contributed by atoms with van der Waals surface area (Å²) in [6.45, 7) is 14.5. The maximum absolute atomic E-state index is 13.9. The van der Waals surface area contributed by atoms with Crippen LogP contribution >= 0.6 is 0 Å². The second-order valence-electron chi connectivity index (χ2n) is 9.90. The first kappa shape index (κ1) is 24.1. The molecule has 2 N–H and O–H groups in total. The molecule has 0 bridgehead atoms. The van der Waals surface area contributed by atoms with E-state index in [0.717, 1.165) is 11.1 Å². The number of carbonyl (C=O) groups is 2. The molecule has 166 valence electrons. The third-order valence-electron chi connectivity index (χ3n) is 5.83. The van der Waals surface area contributed by atoms with Crippen LogP contribution in [0.15, 0.2) is 46.0 Å². The largest absolute Gasteiger partial charge is 0.511 e. The predicted octanol–water partition coefficient (Wildman–Crippen LogP) is 5.12. The molecule has 2 aliphatic rings. The zero-order valence-electron chi connectivity index (χ0n) is 19.5. The monoisotopic (exact) mass is 416 g/mol. The molecule has 1 heterocycles. The van der Waals surface area contributed by atoms with Gasteiger partial charge in [0.25, 0.3) is 0 Å². The van der Waals surface area contributed by atoms with Crippen molar-refractivity contribution >= 4 is 11.6 Å². The molecule has 1 saturated heterocycles. The van der Waals surface area contributed by atoms with Crippen molar-refractivity contribution in [3.8, 4) is 0 Å². The number of ketones is 2. The minimum absolute atomic E-state index is 0.0221. The summed E-state index contributed by atoms with van der Waals surface area (Å²) in [6, 6.07) is 0. The van der Waals surface area contributed by atoms with E-state index < -0.39 is 28.8 Å². The fraction of sp³-hybridized carbons (Fsp3) is 0.600. The molecule has 1 aliphatic carbocycles. The second kappa shape index (κ2) is 8.54. The quantitative estimate of drug-likeness (QED) is 0.444. The Bertz CT molecular complexity index is 830. The molecule has 0 spiro atoms. The van der Waals surface area contributed by atoms with E-state index in [0.29, 0.717) is 18.4 Å². The molecule has 0 saturated carbocycles. The summed E-state index contributed by atoms with van der Waals surface area (Å²) in [5.74, 6) is -0.982. The molecule has 0 aromatic carbocycles. The van der Waals surface area contributed by atoms with E-state index in [1.807, 2.05) is 39.8 Å². The van der Waals surface area contributed by atoms with Gasteiger partial charge in [-0.15, -0.1) is 0 Å². The molecule has 1 aliphatic heterocycles. The van der Waals surface area contributed by atoms with Crippen molar-refractivity contribution in [2.24, 2.45) is 11.3 Å². The van der Waals surface area contributed by atoms with Crippen LogP contribution in [0.25, 0.3) is 0 Å². The molecule has 0 unspecified atom stereocenters. The van der Waals surface area contributed by atoms with Gasteiger partial charge in [0.05, 0.1) is 11.0 Å². The van der Waals surface area contributed by atoms with E-state index in [9.17, 15) is 19.8 Å². The zero-order valence-corrected chi connectivity index (χ0v) is 19.5. The summed E-state index contributed by atoms with van der Waals surface area (Å²) in [5, 5.41) is 21.9. The van der Waals surface area contributed by atoms with Crippen LogP contribution in [0, 0.1) is 11.3 Å². The van der Waals surface area contributed by atoms with E-state index in [-0.39, 0.29) is 29.3 Å². The highest BCUT2D eigenvalue weighted by Crippen LogP contribution is 2.51. The number of Topliss-reactive ketones (excluding diaryl/α,β-unsaturated/α-hetero) is 2. The summed E-state index contributed by atoms with van der Waals surface area (Å²) in [6.07, 6.45) is 4.05. The van der Waals surface area contributed by atoms with Crippen LogP contribution in [0.2, 0.25) is 0 Å². The van der Waals surface area contributed by atoms with E-state index in [1.165, 1.54) is 0 Å². The second-order valence-corrected chi connectivity index (χ2v) is 9.90. The Hall–Kier alpha value is -2.14. The number of carbonyl (C=O) groups excluding carboxylic acids is 2. The molecule has 1 fully saturated rings. The van der Waals surface area contributed by atoms with Crippen molar-refractivity contribution in [3.63, 3.8) is 0 Å². The summed E-state index contributed by atoms with van der Waals surface area (Å²) >= 11 is 0. The lowest BCUT2D eigenvalue weighted by atomic mass is 9.66. The number of aliphatic hydroxyl groups is 2. The highest BCUT2D eigenvalue weighted by molar-refractivity contribution is 6.25. The first-order valence-electron chi connectivity index (χ1n) is 10.6. The Kier molecular flexibility index (Phi) is 6.87. The number of fused-ring (bicyclic) bond motifs is 1. The molecular weight excluding hydrogens is 380 g/mol. The average Bonchev–Trinajstić information content (AvgIpc) is 3.06. The van der Waals surface area contributed by atoms with Crippen LogP contribution in [0.3, 0.4) is 0 Å². The van der Waals surface area contributed by atoms with Crippen molar-refractivity contribution in [1.29, 1.82) is 0 Å². The van der Waals surface area contributed by atoms with Gasteiger partial charge in [0, 0.05) is 17.9 Å². The summed E-state index contributed by atoms with van der Waals surface area (Å²) in [5.41, 5.74) is 0.116. The summed E-state index contributed by atoms with van der Waals surface area (Å²) < 4.78 is 5.94. The molecule has 0 aromatic rings. The molecule has 5 heteroatoms. The standard InChI is InChI=1S/C25H36O5/c1-14(2)9-11-25(12-10-15(3)4)22(27)17-13-18(24(7,8)29)30-21(17)19(23(25)28)20(26)16(5)6/h9-10,16,18,27,29H,11-13H2,1-8H3/t18-/m1/s1. The van der Waals surface area contributed by atoms with Crippen LogP contribution in [-0.2, 0) is 14.3 Å². The molecule has 1 atom stereocenters. The van der Waals surface area contributed by atoms with Crippen molar-refractivity contribution < 1.29 is 24.5 Å². The predicted molar refractivity (Wildman–Crippen MR) is 118 cm³/mol. The van der Waals surface area contributed by atoms with Gasteiger partial charge in [0.2, 0.25) is 0 Å². The maximum Gasteiger partial charge on any atom is 0.184 e. The van der Waals surface area contributed by atoms with Crippen LogP contribution in [0.1, 0.15) is 74.7 Å². The number of rotatable bonds is 7. The van der Waals surface area contributed by atoms with Gasteiger partial charge in [-0.25, -0.2) is 0 Å². The van der Waals surface area contributed by atoms with Crippen LogP contribution in [-0.4, -0.2) is 33.5 Å². The maximum atomic E-state index is 13.9. The van der Waals surface area contributed by atoms with Crippen LogP contribution in [0.4, 0.5) is 0 Å². The van der Waals surface area contributed by atoms with Crippen LogP contribution in [0.5, 0.6) is 0 Å². The lowest BCUT2D eigenvalue weighted by Crippen LogP contribution is -2.41. The SMILES string of the molecule is CC(C)=CCC1(CC=C(C)C)C(=O)C(C(=O)C(C)C)=C2O[C@@H](C(C)(C)O)CC2=C1O. The third-order valence-corrected chi connectivity index (χ3v) is 5.83. The van der Waals surface area contributed by atoms with Crippen molar-refractivity contribution in [2.45, 2.75) is 86.4 Å². The number of ether oxygens (including phenoxy) is 1. The lowest BCUT2D eigenvalue weighted by molar-refractivity contribution is -0.129. The van der Waals surface area contributed by atoms with E-state index >= 15 is 0 Å². The van der Waals surface area contributed by atoms with Crippen molar-refractivity contribution in [1.82, 2.24) is 0 Å². The van der Waals surface area contributed by atoms with Gasteiger partial charge in [0.1, 0.15) is 23.2 Å². The highest BCUT2D eigenvalue weighted by atomic mass is 16.5. The Balaban J connectivity index is 2.79. The van der Waals surface area contributed by atoms with Crippen LogP contribution < -0.4 is 0 Å². The first-order valence-corrected chi connectivity index (χ1v) is 10.6. The summed E-state index contributed by atoms with van der Waals surface area (Å²) in [7, 11) is 0. The number of hydrogen-bond acceptors (Lipinski definition) is 5. The fourth-order valence-corrected chi connectivity index (χ4v) is 3.81. The molecule has 0 aromatic heterocycles. The van der Waals surface area contributed by atoms with Gasteiger partial charge in [-0.1, -0.05) is 37.1 Å². The first-order chi connectivity index (χ1) is 13.7. The molecule has 2 rings (SSSR count). The van der Waals surface area contributed by atoms with Gasteiger partial charge in [0.15, 0.2) is 11.6 Å². The minimum Gasteiger partial charge on any atom is -0.511 e. The van der Waals surface area contributed by atoms with Gasteiger partial charge in [-0.05, 0) is 54.4 Å². The van der Waals surface area contributed by atoms with E-state index in [4.69, 9.17) is 4.74 Å². The third kappa shape index (κ3) is 4.46. The number of aliphatic hydroxyl groups excluding tert-OH is 1. The lowest BCUT2D eigenvalue weighted by Gasteiger charge is -2.35. The molecule has 0 radical (unpaired) electrons. The van der Waals surface area contributed by atoms with Gasteiger partial charge < -0.3 is 14.9 Å². The normalized spacial score (nSPS) is 20.9. The van der Waals surface area contributed by atoms with Crippen molar-refractivity contribution in [2.75, 3.05) is 0 Å². The zero-order chi connectivity index (χ0) is 23.0. The Morgan fingerprint density at radius 2 is 1.67 bits per heavy atom. The molecule has 5 nitrogen and oxygen atoms in total.